The molecular weight excluding hydrogens is 326 g/mol. The maximum absolute atomic E-state index is 12.0. The van der Waals surface area contributed by atoms with E-state index in [1.165, 1.54) is 0 Å². The maximum Gasteiger partial charge on any atom is 0.220 e. The smallest absolute Gasteiger partial charge is 0.220 e. The molecule has 1 heterocycles. The topological polar surface area (TPSA) is 62.5 Å². The minimum atomic E-state index is 0.0228. The molecule has 0 saturated carbocycles. The summed E-state index contributed by atoms with van der Waals surface area (Å²) in [6.45, 7) is 0.653. The fraction of sp³-hybridized carbons (Fsp3) is 0.227. The summed E-state index contributed by atoms with van der Waals surface area (Å²) < 4.78 is 5.82. The van der Waals surface area contributed by atoms with Crippen LogP contribution in [-0.2, 0) is 24.2 Å². The Morgan fingerprint density at radius 3 is 2.35 bits per heavy atom. The Kier molecular flexibility index (Phi) is 6.23. The largest absolute Gasteiger partial charge is 0.461 e. The molecule has 0 fully saturated rings. The van der Waals surface area contributed by atoms with Gasteiger partial charge in [0.15, 0.2) is 0 Å². The van der Waals surface area contributed by atoms with E-state index in [1.807, 2.05) is 66.7 Å². The van der Waals surface area contributed by atoms with Crippen LogP contribution < -0.4 is 5.32 Å². The van der Waals surface area contributed by atoms with Crippen LogP contribution in [-0.4, -0.2) is 17.6 Å². The Morgan fingerprint density at radius 2 is 1.62 bits per heavy atom. The molecule has 0 saturated heterocycles. The van der Waals surface area contributed by atoms with Gasteiger partial charge in [-0.05, 0) is 29.7 Å². The minimum absolute atomic E-state index is 0.0228. The summed E-state index contributed by atoms with van der Waals surface area (Å²) in [6.07, 6.45) is 1.77. The van der Waals surface area contributed by atoms with Gasteiger partial charge in [-0.15, -0.1) is 0 Å². The quantitative estimate of drug-likeness (QED) is 0.651. The Bertz CT molecular complexity index is 822. The number of rotatable bonds is 8. The number of benzene rings is 2. The molecule has 1 amide bonds. The molecule has 0 spiro atoms. The zero-order valence-corrected chi connectivity index (χ0v) is 14.7. The molecular formula is C22H23NO3. The lowest BCUT2D eigenvalue weighted by molar-refractivity contribution is -0.121. The highest BCUT2D eigenvalue weighted by molar-refractivity contribution is 5.76. The number of aliphatic hydroxyl groups excluding tert-OH is 1. The van der Waals surface area contributed by atoms with E-state index in [4.69, 9.17) is 9.52 Å². The van der Waals surface area contributed by atoms with Gasteiger partial charge in [-0.3, -0.25) is 4.79 Å². The van der Waals surface area contributed by atoms with Crippen molar-refractivity contribution in [2.75, 3.05) is 6.54 Å². The van der Waals surface area contributed by atoms with E-state index < -0.39 is 0 Å². The molecule has 0 bridgehead atoms. The van der Waals surface area contributed by atoms with Crippen molar-refractivity contribution in [3.63, 3.8) is 0 Å². The SMILES string of the molecule is O=C(CCc1ccc(-c2ccccc2)o1)NCCc1ccc(CO)cc1. The summed E-state index contributed by atoms with van der Waals surface area (Å²) >= 11 is 0. The predicted octanol–water partition coefficient (Wildman–Crippen LogP) is 3.73. The number of furan rings is 1. The van der Waals surface area contributed by atoms with E-state index >= 15 is 0 Å². The highest BCUT2D eigenvalue weighted by Gasteiger charge is 2.07. The van der Waals surface area contributed by atoms with Crippen LogP contribution in [0.5, 0.6) is 0 Å². The summed E-state index contributed by atoms with van der Waals surface area (Å²) in [7, 11) is 0. The van der Waals surface area contributed by atoms with Crippen LogP contribution in [0.2, 0.25) is 0 Å². The van der Waals surface area contributed by atoms with E-state index in [1.54, 1.807) is 0 Å². The number of amides is 1. The van der Waals surface area contributed by atoms with Crippen molar-refractivity contribution >= 4 is 5.91 Å². The zero-order valence-electron chi connectivity index (χ0n) is 14.7. The third kappa shape index (κ3) is 5.07. The van der Waals surface area contributed by atoms with Crippen LogP contribution in [0.3, 0.4) is 0 Å². The van der Waals surface area contributed by atoms with E-state index in [-0.39, 0.29) is 12.5 Å². The van der Waals surface area contributed by atoms with Crippen LogP contribution in [0.1, 0.15) is 23.3 Å². The molecule has 4 heteroatoms. The zero-order chi connectivity index (χ0) is 18.2. The molecule has 0 unspecified atom stereocenters. The first-order chi connectivity index (χ1) is 12.7. The second kappa shape index (κ2) is 9.02. The lowest BCUT2D eigenvalue weighted by Gasteiger charge is -2.05. The highest BCUT2D eigenvalue weighted by Crippen LogP contribution is 2.22. The number of carbonyl (C=O) groups excluding carboxylic acids is 1. The standard InChI is InChI=1S/C22H23NO3/c24-16-18-8-6-17(7-9-18)14-15-23-22(25)13-11-20-10-12-21(26-20)19-4-2-1-3-5-19/h1-10,12,24H,11,13-16H2,(H,23,25). The van der Waals surface area contributed by atoms with E-state index in [0.717, 1.165) is 34.6 Å². The van der Waals surface area contributed by atoms with Crippen LogP contribution in [0.4, 0.5) is 0 Å². The van der Waals surface area contributed by atoms with Gasteiger partial charge < -0.3 is 14.8 Å². The van der Waals surface area contributed by atoms with Crippen LogP contribution >= 0.6 is 0 Å². The predicted molar refractivity (Wildman–Crippen MR) is 102 cm³/mol. The van der Waals surface area contributed by atoms with Crippen molar-refractivity contribution in [2.24, 2.45) is 0 Å². The second-order valence-electron chi connectivity index (χ2n) is 6.21. The average molecular weight is 349 g/mol. The molecule has 3 rings (SSSR count). The van der Waals surface area contributed by atoms with Crippen molar-refractivity contribution in [1.82, 2.24) is 5.32 Å². The second-order valence-corrected chi connectivity index (χ2v) is 6.21. The monoisotopic (exact) mass is 349 g/mol. The highest BCUT2D eigenvalue weighted by atomic mass is 16.3. The number of carbonyl (C=O) groups is 1. The van der Waals surface area contributed by atoms with Crippen molar-refractivity contribution in [1.29, 1.82) is 0 Å². The van der Waals surface area contributed by atoms with Gasteiger partial charge in [-0.2, -0.15) is 0 Å². The van der Waals surface area contributed by atoms with Crippen LogP contribution in [0.15, 0.2) is 71.1 Å². The summed E-state index contributed by atoms with van der Waals surface area (Å²) in [5.41, 5.74) is 3.07. The van der Waals surface area contributed by atoms with Gasteiger partial charge in [0.05, 0.1) is 6.61 Å². The summed E-state index contributed by atoms with van der Waals surface area (Å²) in [5, 5.41) is 12.0. The fourth-order valence-corrected chi connectivity index (χ4v) is 2.75. The lowest BCUT2D eigenvalue weighted by Crippen LogP contribution is -2.25. The molecule has 2 aromatic carbocycles. The van der Waals surface area contributed by atoms with Gasteiger partial charge in [-0.25, -0.2) is 0 Å². The van der Waals surface area contributed by atoms with Crippen molar-refractivity contribution in [3.8, 4) is 11.3 Å². The molecule has 4 nitrogen and oxygen atoms in total. The van der Waals surface area contributed by atoms with E-state index in [0.29, 0.717) is 19.4 Å². The molecule has 2 N–H and O–H groups in total. The first-order valence-electron chi connectivity index (χ1n) is 8.84. The minimum Gasteiger partial charge on any atom is -0.461 e. The lowest BCUT2D eigenvalue weighted by atomic mass is 10.1. The average Bonchev–Trinajstić information content (AvgIpc) is 3.17. The molecule has 0 aliphatic rings. The van der Waals surface area contributed by atoms with E-state index in [9.17, 15) is 4.79 Å². The first kappa shape index (κ1) is 18.0. The fourth-order valence-electron chi connectivity index (χ4n) is 2.75. The molecule has 0 radical (unpaired) electrons. The normalized spacial score (nSPS) is 10.7. The van der Waals surface area contributed by atoms with Gasteiger partial charge in [0, 0.05) is 24.9 Å². The van der Waals surface area contributed by atoms with Gasteiger partial charge in [-0.1, -0.05) is 54.6 Å². The Labute approximate surface area is 153 Å². The summed E-state index contributed by atoms with van der Waals surface area (Å²) in [4.78, 5) is 12.0. The summed E-state index contributed by atoms with van der Waals surface area (Å²) in [5.74, 6) is 1.67. The Hall–Kier alpha value is -2.85. The molecule has 134 valence electrons. The van der Waals surface area contributed by atoms with Gasteiger partial charge in [0.1, 0.15) is 11.5 Å². The molecule has 0 aliphatic carbocycles. The van der Waals surface area contributed by atoms with Crippen molar-refractivity contribution in [3.05, 3.63) is 83.6 Å². The van der Waals surface area contributed by atoms with Crippen LogP contribution in [0, 0.1) is 0 Å². The molecule has 26 heavy (non-hydrogen) atoms. The van der Waals surface area contributed by atoms with E-state index in [2.05, 4.69) is 5.32 Å². The number of hydrogen-bond donors (Lipinski definition) is 2. The van der Waals surface area contributed by atoms with Gasteiger partial charge in [0.2, 0.25) is 5.91 Å². The Balaban J connectivity index is 1.40. The molecule has 0 aliphatic heterocycles. The first-order valence-corrected chi connectivity index (χ1v) is 8.84. The number of nitrogens with one attached hydrogen (secondary N) is 1. The third-order valence-corrected chi connectivity index (χ3v) is 4.26. The maximum atomic E-state index is 12.0. The van der Waals surface area contributed by atoms with Gasteiger partial charge in [0.25, 0.3) is 0 Å². The third-order valence-electron chi connectivity index (χ3n) is 4.26. The number of aliphatic hydroxyl groups is 1. The summed E-state index contributed by atoms with van der Waals surface area (Å²) in [6, 6.07) is 21.6. The van der Waals surface area contributed by atoms with Gasteiger partial charge >= 0.3 is 0 Å². The van der Waals surface area contributed by atoms with Crippen LogP contribution in [0.25, 0.3) is 11.3 Å². The van der Waals surface area contributed by atoms with Crippen molar-refractivity contribution < 1.29 is 14.3 Å². The molecule has 3 aromatic rings. The molecule has 1 aromatic heterocycles. The number of hydrogen-bond acceptors (Lipinski definition) is 3. The van der Waals surface area contributed by atoms with Crippen molar-refractivity contribution in [2.45, 2.75) is 25.9 Å². The Morgan fingerprint density at radius 1 is 0.885 bits per heavy atom. The molecule has 0 atom stereocenters. The number of aryl methyl sites for hydroxylation is 1.